The van der Waals surface area contributed by atoms with Crippen molar-refractivity contribution in [2.75, 3.05) is 24.9 Å². The van der Waals surface area contributed by atoms with Crippen LogP contribution in [0.3, 0.4) is 0 Å². The van der Waals surface area contributed by atoms with Gasteiger partial charge in [-0.15, -0.1) is 0 Å². The van der Waals surface area contributed by atoms with Gasteiger partial charge in [0.15, 0.2) is 0 Å². The second-order valence-corrected chi connectivity index (χ2v) is 5.68. The van der Waals surface area contributed by atoms with Crippen LogP contribution in [-0.2, 0) is 0 Å². The number of benzene rings is 1. The highest BCUT2D eigenvalue weighted by atomic mass is 79.9. The molecule has 1 heterocycles. The molecule has 11 heteroatoms. The van der Waals surface area contributed by atoms with E-state index in [-0.39, 0.29) is 17.3 Å². The van der Waals surface area contributed by atoms with Crippen LogP contribution in [0.2, 0.25) is 0 Å². The van der Waals surface area contributed by atoms with Gasteiger partial charge in [0, 0.05) is 24.1 Å². The van der Waals surface area contributed by atoms with Crippen molar-refractivity contribution in [3.8, 4) is 0 Å². The van der Waals surface area contributed by atoms with Crippen molar-refractivity contribution in [2.24, 2.45) is 0 Å². The number of anilines is 2. The number of hydrogen-bond acceptors (Lipinski definition) is 8. The van der Waals surface area contributed by atoms with Crippen molar-refractivity contribution < 1.29 is 9.72 Å². The van der Waals surface area contributed by atoms with Gasteiger partial charge in [0.05, 0.1) is 4.92 Å². The van der Waals surface area contributed by atoms with Crippen LogP contribution < -0.4 is 16.3 Å². The third-order valence-corrected chi connectivity index (χ3v) is 3.26. The number of nitrogens with one attached hydrogen (secondary N) is 3. The Labute approximate surface area is 145 Å². The minimum absolute atomic E-state index is 0.000362. The first kappa shape index (κ1) is 17.6. The molecule has 0 saturated carbocycles. The number of nitro groups is 1. The third-order valence-electron chi connectivity index (χ3n) is 2.74. The van der Waals surface area contributed by atoms with Gasteiger partial charge in [0.2, 0.25) is 11.6 Å². The van der Waals surface area contributed by atoms with E-state index < -0.39 is 10.8 Å². The van der Waals surface area contributed by atoms with E-state index in [0.29, 0.717) is 5.56 Å². The molecule has 0 aliphatic carbocycles. The fraction of sp³-hybridized carbons (Fsp3) is 0.154. The summed E-state index contributed by atoms with van der Waals surface area (Å²) in [4.78, 5) is 30.3. The number of hydrazine groups is 2. The minimum Gasteiger partial charge on any atom is -0.298 e. The maximum Gasteiger partial charge on any atom is 0.356 e. The van der Waals surface area contributed by atoms with Crippen molar-refractivity contribution in [2.45, 2.75) is 0 Å². The molecule has 0 spiro atoms. The number of hydrogen-bond donors (Lipinski definition) is 3. The number of carbonyl (C=O) groups is 1. The van der Waals surface area contributed by atoms with Crippen LogP contribution >= 0.6 is 15.9 Å². The lowest BCUT2D eigenvalue weighted by molar-refractivity contribution is -0.383. The number of nitrogens with zero attached hydrogens (tertiary/aromatic N) is 4. The fourth-order valence-corrected chi connectivity index (χ4v) is 1.99. The van der Waals surface area contributed by atoms with E-state index in [4.69, 9.17) is 0 Å². The van der Waals surface area contributed by atoms with Gasteiger partial charge in [0.1, 0.15) is 6.33 Å². The van der Waals surface area contributed by atoms with Gasteiger partial charge in [-0.3, -0.25) is 31.2 Å². The second kappa shape index (κ2) is 7.66. The van der Waals surface area contributed by atoms with Gasteiger partial charge in [0.25, 0.3) is 5.91 Å². The predicted molar refractivity (Wildman–Crippen MR) is 91.2 cm³/mol. The number of halogens is 1. The third kappa shape index (κ3) is 4.36. The van der Waals surface area contributed by atoms with Crippen molar-refractivity contribution in [3.63, 3.8) is 0 Å². The van der Waals surface area contributed by atoms with Crippen LogP contribution in [0.1, 0.15) is 10.4 Å². The Morgan fingerprint density at radius 3 is 2.42 bits per heavy atom. The molecule has 0 saturated heterocycles. The summed E-state index contributed by atoms with van der Waals surface area (Å²) in [6.07, 6.45) is 1.15. The Kier molecular flexibility index (Phi) is 5.60. The molecule has 0 bridgehead atoms. The highest BCUT2D eigenvalue weighted by molar-refractivity contribution is 9.10. The molecule has 0 aliphatic heterocycles. The largest absolute Gasteiger partial charge is 0.356 e. The molecular formula is C13H14BrN7O3. The van der Waals surface area contributed by atoms with Crippen molar-refractivity contribution >= 4 is 39.2 Å². The normalized spacial score (nSPS) is 10.3. The molecule has 2 aromatic rings. The highest BCUT2D eigenvalue weighted by Crippen LogP contribution is 2.28. The standard InChI is InChI=1S/C13H14BrN7O3/c1-20(2)19-12-10(21(23)24)11(15-7-16-12)17-18-13(22)8-3-5-9(14)6-4-8/h3-7H,1-2H3,(H,18,22)(H2,15,16,17,19). The zero-order chi connectivity index (χ0) is 17.7. The molecule has 0 aliphatic rings. The van der Waals surface area contributed by atoms with Crippen molar-refractivity contribution in [1.29, 1.82) is 0 Å². The van der Waals surface area contributed by atoms with E-state index in [1.165, 1.54) is 5.01 Å². The van der Waals surface area contributed by atoms with Crippen LogP contribution in [0.5, 0.6) is 0 Å². The monoisotopic (exact) mass is 395 g/mol. The predicted octanol–water partition coefficient (Wildman–Crippen LogP) is 1.79. The van der Waals surface area contributed by atoms with E-state index >= 15 is 0 Å². The molecule has 10 nitrogen and oxygen atoms in total. The summed E-state index contributed by atoms with van der Waals surface area (Å²) in [7, 11) is 3.32. The molecule has 1 aromatic heterocycles. The lowest BCUT2D eigenvalue weighted by Gasteiger charge is -2.14. The summed E-state index contributed by atoms with van der Waals surface area (Å²) in [5, 5.41) is 12.8. The second-order valence-electron chi connectivity index (χ2n) is 4.77. The van der Waals surface area contributed by atoms with Gasteiger partial charge < -0.3 is 0 Å². The fourth-order valence-electron chi connectivity index (χ4n) is 1.73. The molecule has 0 fully saturated rings. The molecule has 24 heavy (non-hydrogen) atoms. The molecule has 0 unspecified atom stereocenters. The summed E-state index contributed by atoms with van der Waals surface area (Å²) in [6, 6.07) is 6.63. The average Bonchev–Trinajstić information content (AvgIpc) is 2.52. The summed E-state index contributed by atoms with van der Waals surface area (Å²) >= 11 is 3.27. The van der Waals surface area contributed by atoms with E-state index in [2.05, 4.69) is 42.2 Å². The number of rotatable bonds is 6. The topological polar surface area (TPSA) is 125 Å². The van der Waals surface area contributed by atoms with E-state index in [9.17, 15) is 14.9 Å². The summed E-state index contributed by atoms with van der Waals surface area (Å²) in [5.41, 5.74) is 7.53. The van der Waals surface area contributed by atoms with Crippen LogP contribution in [0, 0.1) is 10.1 Å². The molecule has 3 N–H and O–H groups in total. The lowest BCUT2D eigenvalue weighted by atomic mass is 10.2. The first-order valence-corrected chi connectivity index (χ1v) is 7.43. The van der Waals surface area contributed by atoms with Gasteiger partial charge >= 0.3 is 5.69 Å². The number of carbonyl (C=O) groups excluding carboxylic acids is 1. The maximum atomic E-state index is 12.0. The molecule has 126 valence electrons. The Morgan fingerprint density at radius 1 is 1.21 bits per heavy atom. The van der Waals surface area contributed by atoms with Crippen LogP contribution in [0.25, 0.3) is 0 Å². The molecule has 0 radical (unpaired) electrons. The minimum atomic E-state index is -0.639. The smallest absolute Gasteiger partial charge is 0.298 e. The first-order valence-electron chi connectivity index (χ1n) is 6.63. The number of aromatic nitrogens is 2. The zero-order valence-corrected chi connectivity index (χ0v) is 14.4. The SMILES string of the molecule is CN(C)Nc1ncnc(NNC(=O)c2ccc(Br)cc2)c1[N+](=O)[O-]. The van der Waals surface area contributed by atoms with Crippen molar-refractivity contribution in [1.82, 2.24) is 20.4 Å². The zero-order valence-electron chi connectivity index (χ0n) is 12.8. The van der Waals surface area contributed by atoms with E-state index in [1.54, 1.807) is 38.4 Å². The summed E-state index contributed by atoms with van der Waals surface area (Å²) in [5.74, 6) is -0.595. The maximum absolute atomic E-state index is 12.0. The molecule has 0 atom stereocenters. The first-order chi connectivity index (χ1) is 11.4. The van der Waals surface area contributed by atoms with Crippen LogP contribution in [0.15, 0.2) is 35.1 Å². The molecule has 1 amide bonds. The van der Waals surface area contributed by atoms with Gasteiger partial charge in [-0.25, -0.2) is 15.0 Å². The Bertz CT molecular complexity index is 752. The molecule has 1 aromatic carbocycles. The summed E-state index contributed by atoms with van der Waals surface area (Å²) in [6.45, 7) is 0. The van der Waals surface area contributed by atoms with E-state index in [0.717, 1.165) is 10.8 Å². The van der Waals surface area contributed by atoms with Gasteiger partial charge in [-0.05, 0) is 24.3 Å². The van der Waals surface area contributed by atoms with Gasteiger partial charge in [-0.2, -0.15) is 0 Å². The summed E-state index contributed by atoms with van der Waals surface area (Å²) < 4.78 is 0.831. The van der Waals surface area contributed by atoms with E-state index in [1.807, 2.05) is 0 Å². The van der Waals surface area contributed by atoms with Crippen molar-refractivity contribution in [3.05, 3.63) is 50.7 Å². The Hall–Kier alpha value is -2.79. The Balaban J connectivity index is 2.18. The highest BCUT2D eigenvalue weighted by Gasteiger charge is 2.23. The average molecular weight is 396 g/mol. The Morgan fingerprint density at radius 2 is 1.83 bits per heavy atom. The van der Waals surface area contributed by atoms with Gasteiger partial charge in [-0.1, -0.05) is 15.9 Å². The quantitative estimate of drug-likeness (QED) is 0.499. The number of amides is 1. The molecular weight excluding hydrogens is 382 g/mol. The molecule has 2 rings (SSSR count). The lowest BCUT2D eigenvalue weighted by Crippen LogP contribution is -2.30. The van der Waals surface area contributed by atoms with Crippen LogP contribution in [-0.4, -0.2) is 39.9 Å². The van der Waals surface area contributed by atoms with Crippen LogP contribution in [0.4, 0.5) is 17.3 Å².